The van der Waals surface area contributed by atoms with Crippen molar-refractivity contribution in [1.29, 1.82) is 0 Å². The van der Waals surface area contributed by atoms with Crippen LogP contribution in [0.1, 0.15) is 31.5 Å². The molecule has 2 amide bonds. The average molecular weight is 455 g/mol. The van der Waals surface area contributed by atoms with Crippen LogP contribution in [-0.4, -0.2) is 28.5 Å². The monoisotopic (exact) mass is 454 g/mol. The number of methoxy groups -OCH3 is 1. The highest BCUT2D eigenvalue weighted by atomic mass is 35.5. The maximum atomic E-state index is 12.9. The number of aryl methyl sites for hydroxylation is 1. The summed E-state index contributed by atoms with van der Waals surface area (Å²) in [5.41, 5.74) is 1.40. The smallest absolute Gasteiger partial charge is 0.261 e. The second-order valence-electron chi connectivity index (χ2n) is 7.65. The molecule has 0 bridgehead atoms. The first-order valence-corrected chi connectivity index (χ1v) is 10.8. The highest BCUT2D eigenvalue weighted by Crippen LogP contribution is 2.27. The Morgan fingerprint density at radius 1 is 1.06 bits per heavy atom. The standard InChI is InChI=1S/C23H23ClN4O4/c1-32-19-9-7-15(12-17(19)24)26-22(30)13-21(29)25-14-6-8-18-16(11-14)23(31)28-10-4-2-3-5-20(28)27-18/h6-9,11-12H,2-5,10,13H2,1H3,(H,25,29)(H,26,30). The molecule has 166 valence electrons. The molecule has 0 unspecified atom stereocenters. The van der Waals surface area contributed by atoms with E-state index in [2.05, 4.69) is 15.6 Å². The summed E-state index contributed by atoms with van der Waals surface area (Å²) in [5.74, 6) is 0.314. The average Bonchev–Trinajstić information content (AvgIpc) is 3.00. The van der Waals surface area contributed by atoms with Gasteiger partial charge < -0.3 is 15.4 Å². The molecule has 1 aliphatic heterocycles. The van der Waals surface area contributed by atoms with Gasteiger partial charge in [0.05, 0.1) is 23.0 Å². The van der Waals surface area contributed by atoms with Gasteiger partial charge in [0.1, 0.15) is 18.0 Å². The van der Waals surface area contributed by atoms with Gasteiger partial charge in [0.2, 0.25) is 11.8 Å². The van der Waals surface area contributed by atoms with Gasteiger partial charge >= 0.3 is 0 Å². The fraction of sp³-hybridized carbons (Fsp3) is 0.304. The van der Waals surface area contributed by atoms with Gasteiger partial charge in [-0.15, -0.1) is 0 Å². The van der Waals surface area contributed by atoms with E-state index in [1.54, 1.807) is 41.0 Å². The maximum absolute atomic E-state index is 12.9. The summed E-state index contributed by atoms with van der Waals surface area (Å²) < 4.78 is 6.81. The SMILES string of the molecule is COc1ccc(NC(=O)CC(=O)Nc2ccc3nc4n(c(=O)c3c2)CCCCC4)cc1Cl. The maximum Gasteiger partial charge on any atom is 0.261 e. The largest absolute Gasteiger partial charge is 0.495 e. The van der Waals surface area contributed by atoms with Crippen LogP contribution >= 0.6 is 11.6 Å². The number of ether oxygens (including phenoxy) is 1. The van der Waals surface area contributed by atoms with Crippen LogP contribution in [0.4, 0.5) is 11.4 Å². The quantitative estimate of drug-likeness (QED) is 0.571. The minimum absolute atomic E-state index is 0.0999. The number of benzene rings is 2. The van der Waals surface area contributed by atoms with Crippen LogP contribution < -0.4 is 20.9 Å². The van der Waals surface area contributed by atoms with Crippen molar-refractivity contribution < 1.29 is 14.3 Å². The van der Waals surface area contributed by atoms with Gasteiger partial charge in [0, 0.05) is 24.3 Å². The second-order valence-corrected chi connectivity index (χ2v) is 8.06. The predicted molar refractivity (Wildman–Crippen MR) is 123 cm³/mol. The number of rotatable bonds is 5. The van der Waals surface area contributed by atoms with Gasteiger partial charge in [0.15, 0.2) is 0 Å². The van der Waals surface area contributed by atoms with Crippen molar-refractivity contribution in [1.82, 2.24) is 9.55 Å². The van der Waals surface area contributed by atoms with E-state index in [0.29, 0.717) is 39.6 Å². The van der Waals surface area contributed by atoms with Gasteiger partial charge in [-0.2, -0.15) is 0 Å². The lowest BCUT2D eigenvalue weighted by Crippen LogP contribution is -2.25. The predicted octanol–water partition coefficient (Wildman–Crippen LogP) is 3.75. The molecule has 2 N–H and O–H groups in total. The van der Waals surface area contributed by atoms with E-state index < -0.39 is 11.8 Å². The number of hydrogen-bond donors (Lipinski definition) is 2. The second kappa shape index (κ2) is 9.40. The van der Waals surface area contributed by atoms with Crippen molar-refractivity contribution in [3.05, 3.63) is 57.6 Å². The summed E-state index contributed by atoms with van der Waals surface area (Å²) in [5, 5.41) is 6.11. The first kappa shape index (κ1) is 21.8. The zero-order chi connectivity index (χ0) is 22.7. The van der Waals surface area contributed by atoms with E-state index in [4.69, 9.17) is 16.3 Å². The molecule has 1 aromatic heterocycles. The number of halogens is 1. The van der Waals surface area contributed by atoms with Crippen LogP contribution in [-0.2, 0) is 22.6 Å². The first-order chi connectivity index (χ1) is 15.4. The third-order valence-electron chi connectivity index (χ3n) is 5.36. The van der Waals surface area contributed by atoms with Gasteiger partial charge in [0.25, 0.3) is 5.56 Å². The van der Waals surface area contributed by atoms with Gasteiger partial charge in [-0.1, -0.05) is 18.0 Å². The Bertz CT molecular complexity index is 1250. The van der Waals surface area contributed by atoms with E-state index >= 15 is 0 Å². The molecule has 0 radical (unpaired) electrons. The third kappa shape index (κ3) is 4.75. The number of anilines is 2. The van der Waals surface area contributed by atoms with Gasteiger partial charge in [-0.05, 0) is 49.2 Å². The van der Waals surface area contributed by atoms with E-state index in [-0.39, 0.29) is 12.0 Å². The highest BCUT2D eigenvalue weighted by molar-refractivity contribution is 6.32. The molecular weight excluding hydrogens is 432 g/mol. The first-order valence-electron chi connectivity index (χ1n) is 10.4. The van der Waals surface area contributed by atoms with Crippen LogP contribution in [0, 0.1) is 0 Å². The molecule has 3 aromatic rings. The van der Waals surface area contributed by atoms with Crippen molar-refractivity contribution in [2.24, 2.45) is 0 Å². The minimum Gasteiger partial charge on any atom is -0.495 e. The van der Waals surface area contributed by atoms with E-state index in [0.717, 1.165) is 31.5 Å². The number of fused-ring (bicyclic) bond motifs is 2. The number of carbonyl (C=O) groups excluding carboxylic acids is 2. The van der Waals surface area contributed by atoms with Crippen LogP contribution in [0.15, 0.2) is 41.2 Å². The number of nitrogens with one attached hydrogen (secondary N) is 2. The molecule has 9 heteroatoms. The number of aromatic nitrogens is 2. The molecule has 1 aliphatic rings. The Morgan fingerprint density at radius 3 is 2.50 bits per heavy atom. The van der Waals surface area contributed by atoms with E-state index in [1.165, 1.54) is 7.11 Å². The van der Waals surface area contributed by atoms with Crippen molar-refractivity contribution in [2.75, 3.05) is 17.7 Å². The minimum atomic E-state index is -0.496. The molecule has 2 aromatic carbocycles. The molecule has 0 saturated carbocycles. The van der Waals surface area contributed by atoms with Crippen LogP contribution in [0.25, 0.3) is 10.9 Å². The summed E-state index contributed by atoms with van der Waals surface area (Å²) in [6, 6.07) is 9.82. The molecule has 4 rings (SSSR count). The third-order valence-corrected chi connectivity index (χ3v) is 5.65. The highest BCUT2D eigenvalue weighted by Gasteiger charge is 2.15. The zero-order valence-electron chi connectivity index (χ0n) is 17.6. The lowest BCUT2D eigenvalue weighted by molar-refractivity contribution is -0.123. The molecule has 0 saturated heterocycles. The lowest BCUT2D eigenvalue weighted by Gasteiger charge is -2.11. The Hall–Kier alpha value is -3.39. The van der Waals surface area contributed by atoms with E-state index in [1.807, 2.05) is 0 Å². The Labute approximate surface area is 189 Å². The molecule has 8 nitrogen and oxygen atoms in total. The summed E-state index contributed by atoms with van der Waals surface area (Å²) in [4.78, 5) is 42.2. The van der Waals surface area contributed by atoms with Crippen LogP contribution in [0.5, 0.6) is 5.75 Å². The molecule has 2 heterocycles. The number of hydrogen-bond acceptors (Lipinski definition) is 5. The topological polar surface area (TPSA) is 102 Å². The van der Waals surface area contributed by atoms with Crippen LogP contribution in [0.3, 0.4) is 0 Å². The Kier molecular flexibility index (Phi) is 6.41. The van der Waals surface area contributed by atoms with Crippen molar-refractivity contribution in [2.45, 2.75) is 38.6 Å². The number of nitrogens with zero attached hydrogens (tertiary/aromatic N) is 2. The van der Waals surface area contributed by atoms with Crippen molar-refractivity contribution in [3.63, 3.8) is 0 Å². The summed E-state index contributed by atoms with van der Waals surface area (Å²) >= 11 is 6.05. The molecular formula is C23H23ClN4O4. The lowest BCUT2D eigenvalue weighted by atomic mass is 10.2. The normalized spacial score (nSPS) is 13.2. The Balaban J connectivity index is 1.45. The van der Waals surface area contributed by atoms with Gasteiger partial charge in [-0.3, -0.25) is 19.0 Å². The molecule has 0 spiro atoms. The molecule has 32 heavy (non-hydrogen) atoms. The Morgan fingerprint density at radius 2 is 1.78 bits per heavy atom. The summed E-state index contributed by atoms with van der Waals surface area (Å²) in [6.45, 7) is 0.656. The van der Waals surface area contributed by atoms with Crippen molar-refractivity contribution >= 4 is 45.7 Å². The molecule has 0 fully saturated rings. The fourth-order valence-electron chi connectivity index (χ4n) is 3.80. The van der Waals surface area contributed by atoms with Crippen LogP contribution in [0.2, 0.25) is 5.02 Å². The molecule has 0 aliphatic carbocycles. The summed E-state index contributed by atoms with van der Waals surface area (Å²) in [7, 11) is 1.50. The van der Waals surface area contributed by atoms with Crippen molar-refractivity contribution in [3.8, 4) is 5.75 Å². The number of amides is 2. The molecule has 0 atom stereocenters. The summed E-state index contributed by atoms with van der Waals surface area (Å²) in [6.07, 6.45) is 3.45. The van der Waals surface area contributed by atoms with E-state index in [9.17, 15) is 14.4 Å². The zero-order valence-corrected chi connectivity index (χ0v) is 18.4. The number of carbonyl (C=O) groups is 2. The fourth-order valence-corrected chi connectivity index (χ4v) is 4.05. The van der Waals surface area contributed by atoms with Gasteiger partial charge in [-0.25, -0.2) is 4.98 Å².